The van der Waals surface area contributed by atoms with E-state index in [1.165, 1.54) is 6.26 Å². The van der Waals surface area contributed by atoms with E-state index in [0.29, 0.717) is 0 Å². The van der Waals surface area contributed by atoms with Crippen LogP contribution in [0.5, 0.6) is 0 Å². The van der Waals surface area contributed by atoms with Crippen molar-refractivity contribution in [2.75, 3.05) is 6.26 Å². The van der Waals surface area contributed by atoms with Crippen LogP contribution >= 0.6 is 0 Å². The molecule has 1 N–H and O–H groups in total. The summed E-state index contributed by atoms with van der Waals surface area (Å²) in [4.78, 5) is 0. The summed E-state index contributed by atoms with van der Waals surface area (Å²) in [6.45, 7) is 5.83. The van der Waals surface area contributed by atoms with Crippen LogP contribution in [-0.2, 0) is 10.0 Å². The Kier molecular flexibility index (Phi) is 3.52. The minimum absolute atomic E-state index is 0.181. The number of benzene rings is 1. The molecule has 0 aliphatic carbocycles. The van der Waals surface area contributed by atoms with Crippen LogP contribution in [0.15, 0.2) is 18.2 Å². The third-order valence-electron chi connectivity index (χ3n) is 2.29. The van der Waals surface area contributed by atoms with E-state index < -0.39 is 10.0 Å². The molecule has 0 amide bonds. The van der Waals surface area contributed by atoms with Crippen LogP contribution in [-0.4, -0.2) is 14.7 Å². The highest BCUT2D eigenvalue weighted by atomic mass is 32.2. The molecule has 3 nitrogen and oxygen atoms in total. The van der Waals surface area contributed by atoms with E-state index in [1.54, 1.807) is 0 Å². The smallest absolute Gasteiger partial charge is 0.209 e. The summed E-state index contributed by atoms with van der Waals surface area (Å²) in [6.07, 6.45) is 1.18. The summed E-state index contributed by atoms with van der Waals surface area (Å²) in [7, 11) is -3.15. The molecule has 84 valence electrons. The molecular weight excluding hydrogens is 210 g/mol. The lowest BCUT2D eigenvalue weighted by Gasteiger charge is -2.15. The standard InChI is InChI=1S/C11H17NO2S/c1-8-5-6-9(2)11(7-8)10(3)12-15(4,13)14/h5-7,10,12H,1-4H3/t10-/m0/s1. The predicted octanol–water partition coefficient (Wildman–Crippen LogP) is 1.91. The van der Waals surface area contributed by atoms with E-state index in [1.807, 2.05) is 39.0 Å². The zero-order valence-corrected chi connectivity index (χ0v) is 10.4. The first kappa shape index (κ1) is 12.2. The highest BCUT2D eigenvalue weighted by Gasteiger charge is 2.12. The molecule has 0 aliphatic heterocycles. The van der Waals surface area contributed by atoms with E-state index in [0.717, 1.165) is 16.7 Å². The number of nitrogens with one attached hydrogen (secondary N) is 1. The Morgan fingerprint density at radius 3 is 2.40 bits per heavy atom. The molecule has 0 aliphatic rings. The minimum atomic E-state index is -3.15. The van der Waals surface area contributed by atoms with Crippen LogP contribution in [0.25, 0.3) is 0 Å². The molecule has 0 bridgehead atoms. The van der Waals surface area contributed by atoms with Crippen molar-refractivity contribution in [3.05, 3.63) is 34.9 Å². The maximum atomic E-state index is 11.1. The van der Waals surface area contributed by atoms with Crippen LogP contribution in [0.3, 0.4) is 0 Å². The summed E-state index contributed by atoms with van der Waals surface area (Å²) in [6, 6.07) is 5.86. The van der Waals surface area contributed by atoms with Crippen molar-refractivity contribution in [3.63, 3.8) is 0 Å². The van der Waals surface area contributed by atoms with Crippen LogP contribution in [0.4, 0.5) is 0 Å². The monoisotopic (exact) mass is 227 g/mol. The van der Waals surface area contributed by atoms with Gasteiger partial charge in [-0.05, 0) is 31.9 Å². The molecule has 1 rings (SSSR count). The fourth-order valence-corrected chi connectivity index (χ4v) is 2.38. The Labute approximate surface area is 91.6 Å². The first-order valence-electron chi connectivity index (χ1n) is 4.84. The quantitative estimate of drug-likeness (QED) is 0.857. The van der Waals surface area contributed by atoms with Gasteiger partial charge in [0.2, 0.25) is 10.0 Å². The van der Waals surface area contributed by atoms with Crippen molar-refractivity contribution >= 4 is 10.0 Å². The molecule has 15 heavy (non-hydrogen) atoms. The largest absolute Gasteiger partial charge is 0.213 e. The third kappa shape index (κ3) is 3.64. The third-order valence-corrected chi connectivity index (χ3v) is 3.07. The molecule has 1 atom stereocenters. The maximum Gasteiger partial charge on any atom is 0.209 e. The summed E-state index contributed by atoms with van der Waals surface area (Å²) in [5.41, 5.74) is 3.27. The van der Waals surface area contributed by atoms with Crippen molar-refractivity contribution in [1.29, 1.82) is 0 Å². The van der Waals surface area contributed by atoms with E-state index in [9.17, 15) is 8.42 Å². The van der Waals surface area contributed by atoms with Gasteiger partial charge in [0.1, 0.15) is 0 Å². The second-order valence-corrected chi connectivity index (χ2v) is 5.75. The molecule has 0 aromatic heterocycles. The summed E-state index contributed by atoms with van der Waals surface area (Å²) in [5.74, 6) is 0. The van der Waals surface area contributed by atoms with E-state index in [4.69, 9.17) is 0 Å². The first-order chi connectivity index (χ1) is 6.79. The van der Waals surface area contributed by atoms with Gasteiger partial charge in [-0.3, -0.25) is 0 Å². The zero-order chi connectivity index (χ0) is 11.6. The normalized spacial score (nSPS) is 13.9. The van der Waals surface area contributed by atoms with E-state index in [-0.39, 0.29) is 6.04 Å². The van der Waals surface area contributed by atoms with Crippen LogP contribution in [0.1, 0.15) is 29.7 Å². The molecule has 0 saturated carbocycles. The molecule has 0 unspecified atom stereocenters. The number of aryl methyl sites for hydroxylation is 2. The van der Waals surface area contributed by atoms with E-state index >= 15 is 0 Å². The number of rotatable bonds is 3. The predicted molar refractivity (Wildman–Crippen MR) is 62.3 cm³/mol. The van der Waals surface area contributed by atoms with Gasteiger partial charge in [-0.1, -0.05) is 23.8 Å². The highest BCUT2D eigenvalue weighted by molar-refractivity contribution is 7.88. The fraction of sp³-hybridized carbons (Fsp3) is 0.455. The summed E-state index contributed by atoms with van der Waals surface area (Å²) < 4.78 is 24.8. The Bertz CT molecular complexity index is 452. The van der Waals surface area contributed by atoms with Gasteiger partial charge in [0.05, 0.1) is 6.26 Å². The van der Waals surface area contributed by atoms with Crippen molar-refractivity contribution in [2.45, 2.75) is 26.8 Å². The Morgan fingerprint density at radius 2 is 1.87 bits per heavy atom. The van der Waals surface area contributed by atoms with Gasteiger partial charge in [-0.25, -0.2) is 13.1 Å². The lowest BCUT2D eigenvalue weighted by Crippen LogP contribution is -2.25. The Balaban J connectivity index is 3.00. The van der Waals surface area contributed by atoms with E-state index in [2.05, 4.69) is 4.72 Å². The first-order valence-corrected chi connectivity index (χ1v) is 6.73. The Hall–Kier alpha value is -0.870. The van der Waals surface area contributed by atoms with Crippen molar-refractivity contribution in [3.8, 4) is 0 Å². The molecule has 0 radical (unpaired) electrons. The van der Waals surface area contributed by atoms with Crippen LogP contribution < -0.4 is 4.72 Å². The van der Waals surface area contributed by atoms with Crippen LogP contribution in [0, 0.1) is 13.8 Å². The topological polar surface area (TPSA) is 46.2 Å². The Morgan fingerprint density at radius 1 is 1.27 bits per heavy atom. The van der Waals surface area contributed by atoms with Gasteiger partial charge < -0.3 is 0 Å². The molecule has 1 aromatic rings. The van der Waals surface area contributed by atoms with Gasteiger partial charge >= 0.3 is 0 Å². The molecular formula is C11H17NO2S. The minimum Gasteiger partial charge on any atom is -0.213 e. The fourth-order valence-electron chi connectivity index (χ4n) is 1.61. The summed E-state index contributed by atoms with van der Waals surface area (Å²) in [5, 5.41) is 0. The number of hydrogen-bond donors (Lipinski definition) is 1. The van der Waals surface area contributed by atoms with Crippen molar-refractivity contribution in [1.82, 2.24) is 4.72 Å². The average molecular weight is 227 g/mol. The van der Waals surface area contributed by atoms with Crippen LogP contribution in [0.2, 0.25) is 0 Å². The molecule has 0 saturated heterocycles. The molecule has 0 fully saturated rings. The average Bonchev–Trinajstić information content (AvgIpc) is 2.06. The van der Waals surface area contributed by atoms with Gasteiger partial charge in [0.25, 0.3) is 0 Å². The second-order valence-electron chi connectivity index (χ2n) is 3.97. The lowest BCUT2D eigenvalue weighted by atomic mass is 10.0. The highest BCUT2D eigenvalue weighted by Crippen LogP contribution is 2.19. The molecule has 4 heteroatoms. The van der Waals surface area contributed by atoms with Gasteiger partial charge in [-0.15, -0.1) is 0 Å². The van der Waals surface area contributed by atoms with Gasteiger partial charge in [0, 0.05) is 6.04 Å². The molecule has 1 aromatic carbocycles. The van der Waals surface area contributed by atoms with Gasteiger partial charge in [0.15, 0.2) is 0 Å². The number of hydrogen-bond acceptors (Lipinski definition) is 2. The maximum absolute atomic E-state index is 11.1. The van der Waals surface area contributed by atoms with Gasteiger partial charge in [-0.2, -0.15) is 0 Å². The van der Waals surface area contributed by atoms with Crippen molar-refractivity contribution in [2.24, 2.45) is 0 Å². The summed E-state index contributed by atoms with van der Waals surface area (Å²) >= 11 is 0. The second kappa shape index (κ2) is 4.33. The molecule has 0 spiro atoms. The van der Waals surface area contributed by atoms with Crippen molar-refractivity contribution < 1.29 is 8.42 Å². The SMILES string of the molecule is Cc1ccc(C)c([C@H](C)NS(C)(=O)=O)c1. The molecule has 0 heterocycles. The zero-order valence-electron chi connectivity index (χ0n) is 9.53. The lowest BCUT2D eigenvalue weighted by molar-refractivity contribution is 0.572. The number of sulfonamides is 1.